The summed E-state index contributed by atoms with van der Waals surface area (Å²) in [6.07, 6.45) is 22.2. The average Bonchev–Trinajstić information content (AvgIpc) is 3.56. The summed E-state index contributed by atoms with van der Waals surface area (Å²) < 4.78 is 12.5. The third-order valence-corrected chi connectivity index (χ3v) is 40.6. The van der Waals surface area contributed by atoms with Crippen LogP contribution in [0.25, 0.3) is 0 Å². The highest BCUT2D eigenvalue weighted by atomic mass is 28.4. The maximum atomic E-state index is 6.28. The van der Waals surface area contributed by atoms with E-state index < -0.39 is 81.7 Å². The fourth-order valence-corrected chi connectivity index (χ4v) is 50.9. The van der Waals surface area contributed by atoms with Crippen LogP contribution in [0.1, 0.15) is 200 Å². The largest absolute Gasteiger partial charge is 0.456 e. The Morgan fingerprint density at radius 1 is 0.360 bits per heavy atom. The predicted molar refractivity (Wildman–Crippen MR) is 439 cm³/mol. The van der Waals surface area contributed by atoms with Gasteiger partial charge in [-0.25, -0.2) is 0 Å². The highest BCUT2D eigenvalue weighted by Crippen LogP contribution is 2.45. The summed E-state index contributed by atoms with van der Waals surface area (Å²) in [5.74, 6) is 2.70. The van der Waals surface area contributed by atoms with E-state index in [1.54, 1.807) is 12.1 Å². The summed E-state index contributed by atoms with van der Waals surface area (Å²) in [6, 6.07) is 11.5. The molecule has 12 heteroatoms. The predicted octanol–water partition coefficient (Wildman–Crippen LogP) is 30.0. The van der Waals surface area contributed by atoms with Gasteiger partial charge in [0.05, 0.1) is 0 Å². The van der Waals surface area contributed by atoms with Crippen molar-refractivity contribution in [1.82, 2.24) is 0 Å². The molecule has 2 nitrogen and oxygen atoms in total. The zero-order valence-electron chi connectivity index (χ0n) is 69.3. The van der Waals surface area contributed by atoms with Gasteiger partial charge in [-0.2, -0.15) is 0 Å². The molecule has 86 heavy (non-hydrogen) atoms. The minimum atomic E-state index is -1.41. The molecule has 0 aliphatic heterocycles. The van der Waals surface area contributed by atoms with E-state index in [0.29, 0.717) is 16.2 Å². The number of hydrogen-bond donors (Lipinski definition) is 0. The maximum absolute atomic E-state index is 6.28. The summed E-state index contributed by atoms with van der Waals surface area (Å²) in [5, 5.41) is 0. The van der Waals surface area contributed by atoms with Gasteiger partial charge in [0.2, 0.25) is 0 Å². The van der Waals surface area contributed by atoms with Crippen LogP contribution in [0, 0.1) is 44.8 Å². The second-order valence-electron chi connectivity index (χ2n) is 44.0. The Kier molecular flexibility index (Phi) is 45.7. The fraction of sp³-hybridized carbons (Fsp3) is 1.00. The minimum Gasteiger partial charge on any atom is -0.456 e. The number of rotatable bonds is 19. The molecule has 3 aliphatic rings. The van der Waals surface area contributed by atoms with E-state index in [0.717, 1.165) is 28.6 Å². The fourth-order valence-electron chi connectivity index (χ4n) is 16.5. The third-order valence-electron chi connectivity index (χ3n) is 15.6. The van der Waals surface area contributed by atoms with Gasteiger partial charge >= 0.3 is 0 Å². The van der Waals surface area contributed by atoms with Gasteiger partial charge in [0, 0.05) is 48.4 Å². The van der Waals surface area contributed by atoms with Crippen molar-refractivity contribution in [2.24, 2.45) is 44.8 Å². The van der Waals surface area contributed by atoms with Crippen LogP contribution in [0.5, 0.6) is 0 Å². The van der Waals surface area contributed by atoms with Crippen molar-refractivity contribution in [3.63, 3.8) is 0 Å². The third kappa shape index (κ3) is 75.1. The van der Waals surface area contributed by atoms with Crippen LogP contribution < -0.4 is 0 Å². The monoisotopic (exact) mass is 1380 g/mol. The van der Waals surface area contributed by atoms with Gasteiger partial charge in [0.1, 0.15) is 0 Å². The molecule has 0 aromatic carbocycles. The van der Waals surface area contributed by atoms with Gasteiger partial charge in [-0.05, 0) is 161 Å². The van der Waals surface area contributed by atoms with E-state index in [2.05, 4.69) is 287 Å². The van der Waals surface area contributed by atoms with Gasteiger partial charge < -0.3 is 8.23 Å². The molecule has 0 N–H and O–H groups in total. The Labute approximate surface area is 562 Å². The highest BCUT2D eigenvalue weighted by molar-refractivity contribution is 6.85. The molecule has 0 saturated heterocycles. The smallest absolute Gasteiger partial charge is 0.173 e. The molecule has 0 amide bonds. The molecule has 3 rings (SSSR count). The quantitative estimate of drug-likeness (QED) is 0.120. The van der Waals surface area contributed by atoms with E-state index in [1.807, 2.05) is 0 Å². The lowest BCUT2D eigenvalue weighted by atomic mass is 9.72. The molecule has 0 bridgehead atoms. The van der Waals surface area contributed by atoms with Crippen molar-refractivity contribution in [2.75, 3.05) is 0 Å². The van der Waals surface area contributed by atoms with Crippen molar-refractivity contribution in [3.05, 3.63) is 0 Å². The SMILES string of the molecule is CC(C)(C)C[Si](C)(C)C.CC(C)(C)C[Si](C)(C)O[Si](C)(C)C.CC(C)(C[Si](C)(C)C)C1CCCCC1.CC(C)C[Si](C)(C)C.CC(C)C[Si](C)(C)O[Si](C)(C)C.CC1(C[Si](C)(C)C)CCCC1.CC1(C[Si](C)(C)C)CCCCC1.CCC[Si](C)(C)C. The molecule has 0 aromatic heterocycles. The zero-order chi connectivity index (χ0) is 69.9. The molecule has 3 aliphatic carbocycles. The van der Waals surface area contributed by atoms with Gasteiger partial charge in [-0.3, -0.25) is 0 Å². The van der Waals surface area contributed by atoms with Crippen LogP contribution in [0.15, 0.2) is 0 Å². The van der Waals surface area contributed by atoms with Crippen LogP contribution in [0.4, 0.5) is 0 Å². The minimum absolute atomic E-state index is 0.412. The molecule has 0 unspecified atom stereocenters. The molecule has 0 aromatic rings. The van der Waals surface area contributed by atoms with Crippen molar-refractivity contribution in [3.8, 4) is 0 Å². The Balaban J connectivity index is -0.000000293. The summed E-state index contributed by atoms with van der Waals surface area (Å²) in [4.78, 5) is 0. The Bertz CT molecular complexity index is 1620. The lowest BCUT2D eigenvalue weighted by Crippen LogP contribution is -2.44. The first-order chi connectivity index (χ1) is 37.4. The Morgan fingerprint density at radius 3 is 0.872 bits per heavy atom. The Morgan fingerprint density at radius 2 is 0.663 bits per heavy atom. The number of hydrogen-bond acceptors (Lipinski definition) is 2. The highest BCUT2D eigenvalue weighted by Gasteiger charge is 2.37. The van der Waals surface area contributed by atoms with E-state index >= 15 is 0 Å². The average molecular weight is 1380 g/mol. The molecule has 0 atom stereocenters. The Hall–Kier alpha value is 2.09. The topological polar surface area (TPSA) is 18.5 Å². The molecule has 3 fully saturated rings. The van der Waals surface area contributed by atoms with Crippen molar-refractivity contribution in [2.45, 2.75) is 432 Å². The summed E-state index contributed by atoms with van der Waals surface area (Å²) in [5.41, 5.74) is 3.04. The van der Waals surface area contributed by atoms with Gasteiger partial charge in [-0.1, -0.05) is 316 Å². The second-order valence-corrected chi connectivity index (χ2v) is 94.9. The first-order valence-electron chi connectivity index (χ1n) is 36.8. The van der Waals surface area contributed by atoms with Gasteiger partial charge in [-0.15, -0.1) is 0 Å². The van der Waals surface area contributed by atoms with Gasteiger partial charge in [0.25, 0.3) is 0 Å². The van der Waals surface area contributed by atoms with Crippen LogP contribution in [0.3, 0.4) is 0 Å². The zero-order valence-corrected chi connectivity index (χ0v) is 79.3. The standard InChI is InChI=1S/C13H28Si.C11H24Si.C10H26OSi2.C10H22Si.C9H24OSi2.C8H20Si.C7H18Si.C6H16Si/c1-13(2,11-14(3,4)5)12-9-7-6-8-10-12;1-11(10-12(2,3)4)8-6-5-7-9-11;1-10(2,3)9-13(7,8)11-12(4,5)6;1-10(7-5-6-8-10)9-11(2,3)4;1-9(2)8-12(6,7)10-11(3,4)5;1-8(2,3)7-9(4,5)6;1-7(2)6-8(3,4)5;1-5-6-7(2,3)4/h12H,6-11H2,1-5H3;5-10H2,1-4H3;9H2,1-8H3;5-9H2,1-4H3;9H,8H2,1-7H3;7H2,1-6H3;7H,6H2,1-5H3;5-6H2,1-4H3. The van der Waals surface area contributed by atoms with Crippen LogP contribution >= 0.6 is 0 Å². The van der Waals surface area contributed by atoms with Crippen LogP contribution in [-0.4, -0.2) is 81.7 Å². The van der Waals surface area contributed by atoms with Crippen molar-refractivity contribution < 1.29 is 8.23 Å². The van der Waals surface area contributed by atoms with Crippen LogP contribution in [0.2, 0.25) is 232 Å². The molecular weight excluding hydrogens is 1200 g/mol. The lowest BCUT2D eigenvalue weighted by Gasteiger charge is -2.40. The van der Waals surface area contributed by atoms with E-state index in [9.17, 15) is 0 Å². The molecule has 0 heterocycles. The molecule has 0 radical (unpaired) electrons. The molecular formula is C74H178O2Si10. The lowest BCUT2D eigenvalue weighted by molar-refractivity contribution is 0.178. The summed E-state index contributed by atoms with van der Waals surface area (Å²) >= 11 is 0. The van der Waals surface area contributed by atoms with Crippen molar-refractivity contribution >= 4 is 81.7 Å². The van der Waals surface area contributed by atoms with Gasteiger partial charge in [0.15, 0.2) is 33.3 Å². The van der Waals surface area contributed by atoms with E-state index in [4.69, 9.17) is 8.23 Å². The van der Waals surface area contributed by atoms with E-state index in [-0.39, 0.29) is 0 Å². The second kappa shape index (κ2) is 40.6. The first kappa shape index (κ1) is 96.8. The maximum Gasteiger partial charge on any atom is 0.173 e. The molecule has 3 saturated carbocycles. The molecule has 0 spiro atoms. The summed E-state index contributed by atoms with van der Waals surface area (Å²) in [6.45, 7) is 103. The normalized spacial score (nSPS) is 17.7. The summed E-state index contributed by atoms with van der Waals surface area (Å²) in [7, 11) is -10.0. The molecule has 526 valence electrons. The van der Waals surface area contributed by atoms with Crippen LogP contribution in [-0.2, 0) is 8.23 Å². The van der Waals surface area contributed by atoms with E-state index in [1.165, 1.54) is 133 Å². The first-order valence-corrected chi connectivity index (χ1v) is 72.1. The van der Waals surface area contributed by atoms with Crippen molar-refractivity contribution in [1.29, 1.82) is 0 Å².